The van der Waals surface area contributed by atoms with Gasteiger partial charge in [-0.3, -0.25) is 9.78 Å². The molecule has 1 fully saturated rings. The lowest BCUT2D eigenvalue weighted by atomic mass is 9.87. The van der Waals surface area contributed by atoms with E-state index in [0.717, 1.165) is 23.8 Å². The van der Waals surface area contributed by atoms with Crippen molar-refractivity contribution in [1.82, 2.24) is 4.98 Å². The number of nitrogens with one attached hydrogen (secondary N) is 1. The van der Waals surface area contributed by atoms with Gasteiger partial charge >= 0.3 is 0 Å². The van der Waals surface area contributed by atoms with Crippen LogP contribution in [0.25, 0.3) is 22.4 Å². The summed E-state index contributed by atoms with van der Waals surface area (Å²) in [4.78, 5) is 16.9. The van der Waals surface area contributed by atoms with E-state index in [4.69, 9.17) is 4.42 Å². The Morgan fingerprint density at radius 2 is 1.96 bits per heavy atom. The van der Waals surface area contributed by atoms with Crippen molar-refractivity contribution in [2.24, 2.45) is 5.92 Å². The third kappa shape index (κ3) is 3.58. The second-order valence-electron chi connectivity index (χ2n) is 6.80. The highest BCUT2D eigenvalue weighted by atomic mass is 16.3. The number of aromatic nitrogens is 1. The van der Waals surface area contributed by atoms with Crippen LogP contribution in [0.4, 0.5) is 5.69 Å². The Bertz CT molecular complexity index is 845. The lowest BCUT2D eigenvalue weighted by Crippen LogP contribution is -2.18. The van der Waals surface area contributed by atoms with Crippen molar-refractivity contribution in [3.63, 3.8) is 0 Å². The van der Waals surface area contributed by atoms with Crippen LogP contribution < -0.4 is 5.32 Å². The van der Waals surface area contributed by atoms with Crippen LogP contribution in [-0.4, -0.2) is 10.9 Å². The van der Waals surface area contributed by atoms with Crippen LogP contribution in [0.2, 0.25) is 0 Å². The van der Waals surface area contributed by atoms with Crippen LogP contribution in [0.3, 0.4) is 0 Å². The van der Waals surface area contributed by atoms with Gasteiger partial charge in [-0.15, -0.1) is 0 Å². The summed E-state index contributed by atoms with van der Waals surface area (Å²) >= 11 is 0. The van der Waals surface area contributed by atoms with E-state index in [-0.39, 0.29) is 5.91 Å². The molecule has 1 aromatic carbocycles. The largest absolute Gasteiger partial charge is 0.454 e. The first-order valence-electron chi connectivity index (χ1n) is 9.03. The molecule has 2 heterocycles. The van der Waals surface area contributed by atoms with Gasteiger partial charge in [0.1, 0.15) is 11.3 Å². The lowest BCUT2D eigenvalue weighted by molar-refractivity contribution is -0.117. The highest BCUT2D eigenvalue weighted by molar-refractivity contribution is 5.95. The van der Waals surface area contributed by atoms with Gasteiger partial charge < -0.3 is 9.73 Å². The maximum Gasteiger partial charge on any atom is 0.224 e. The second kappa shape index (κ2) is 7.09. The van der Waals surface area contributed by atoms with Gasteiger partial charge in [0.25, 0.3) is 0 Å². The molecule has 3 aromatic rings. The molecule has 1 N–H and O–H groups in total. The van der Waals surface area contributed by atoms with Crippen LogP contribution >= 0.6 is 0 Å². The summed E-state index contributed by atoms with van der Waals surface area (Å²) in [6.45, 7) is 0. The predicted octanol–water partition coefficient (Wildman–Crippen LogP) is 5.40. The molecule has 0 bridgehead atoms. The van der Waals surface area contributed by atoms with Crippen molar-refractivity contribution in [3.8, 4) is 11.5 Å². The molecule has 0 saturated heterocycles. The maximum absolute atomic E-state index is 12.5. The number of nitrogens with zero attached hydrogens (tertiary/aromatic N) is 1. The van der Waals surface area contributed by atoms with Crippen molar-refractivity contribution >= 4 is 22.6 Å². The highest BCUT2D eigenvalue weighted by Crippen LogP contribution is 2.32. The average molecular weight is 334 g/mol. The molecule has 0 atom stereocenters. The van der Waals surface area contributed by atoms with Crippen LogP contribution in [-0.2, 0) is 4.79 Å². The molecule has 25 heavy (non-hydrogen) atoms. The van der Waals surface area contributed by atoms with E-state index in [1.165, 1.54) is 19.3 Å². The number of furan rings is 1. The molecule has 2 aromatic heterocycles. The standard InChI is InChI=1S/C21H22N2O2/c24-20(13-15-7-2-1-3-8-15)23-17-10-6-12-22-21(17)19-14-16-9-4-5-11-18(16)25-19/h4-6,9-12,14-15H,1-3,7-8,13H2,(H,23,24). The van der Waals surface area contributed by atoms with Gasteiger partial charge in [-0.1, -0.05) is 37.5 Å². The van der Waals surface area contributed by atoms with Crippen LogP contribution in [0.1, 0.15) is 38.5 Å². The molecule has 1 aliphatic carbocycles. The number of benzene rings is 1. The minimum Gasteiger partial charge on any atom is -0.454 e. The first-order chi connectivity index (χ1) is 12.3. The maximum atomic E-state index is 12.5. The number of carbonyl (C=O) groups excluding carboxylic acids is 1. The fraction of sp³-hybridized carbons (Fsp3) is 0.333. The Morgan fingerprint density at radius 1 is 1.12 bits per heavy atom. The molecule has 1 aliphatic rings. The smallest absolute Gasteiger partial charge is 0.224 e. The number of rotatable bonds is 4. The number of hydrogen-bond acceptors (Lipinski definition) is 3. The minimum atomic E-state index is 0.0669. The lowest BCUT2D eigenvalue weighted by Gasteiger charge is -2.21. The summed E-state index contributed by atoms with van der Waals surface area (Å²) < 4.78 is 5.91. The quantitative estimate of drug-likeness (QED) is 0.694. The monoisotopic (exact) mass is 334 g/mol. The van der Waals surface area contributed by atoms with Crippen molar-refractivity contribution in [1.29, 1.82) is 0 Å². The summed E-state index contributed by atoms with van der Waals surface area (Å²) in [5.74, 6) is 1.26. The Morgan fingerprint density at radius 3 is 2.80 bits per heavy atom. The Balaban J connectivity index is 1.55. The van der Waals surface area contributed by atoms with E-state index < -0.39 is 0 Å². The third-order valence-electron chi connectivity index (χ3n) is 4.94. The number of anilines is 1. The summed E-state index contributed by atoms with van der Waals surface area (Å²) in [5, 5.41) is 4.07. The van der Waals surface area contributed by atoms with Gasteiger partial charge in [0.15, 0.2) is 5.76 Å². The Hall–Kier alpha value is -2.62. The third-order valence-corrected chi connectivity index (χ3v) is 4.94. The zero-order chi connectivity index (χ0) is 17.1. The number of fused-ring (bicyclic) bond motifs is 1. The number of carbonyl (C=O) groups is 1. The fourth-order valence-electron chi connectivity index (χ4n) is 3.66. The molecule has 4 nitrogen and oxygen atoms in total. The first kappa shape index (κ1) is 15.9. The minimum absolute atomic E-state index is 0.0669. The molecule has 4 rings (SSSR count). The summed E-state index contributed by atoms with van der Waals surface area (Å²) in [6, 6.07) is 13.6. The van der Waals surface area contributed by atoms with Gasteiger partial charge in [0.05, 0.1) is 5.69 Å². The molecule has 4 heteroatoms. The molecule has 0 radical (unpaired) electrons. The van der Waals surface area contributed by atoms with E-state index in [1.807, 2.05) is 42.5 Å². The number of amides is 1. The van der Waals surface area contributed by atoms with Gasteiger partial charge in [0.2, 0.25) is 5.91 Å². The molecular formula is C21H22N2O2. The van der Waals surface area contributed by atoms with E-state index in [9.17, 15) is 4.79 Å². The van der Waals surface area contributed by atoms with Gasteiger partial charge in [-0.2, -0.15) is 0 Å². The summed E-state index contributed by atoms with van der Waals surface area (Å²) in [7, 11) is 0. The highest BCUT2D eigenvalue weighted by Gasteiger charge is 2.19. The van der Waals surface area contributed by atoms with E-state index in [0.29, 0.717) is 29.5 Å². The molecular weight excluding hydrogens is 312 g/mol. The Kier molecular flexibility index (Phi) is 4.51. The zero-order valence-corrected chi connectivity index (χ0v) is 14.2. The molecule has 1 amide bonds. The van der Waals surface area contributed by atoms with Crippen LogP contribution in [0.15, 0.2) is 53.1 Å². The van der Waals surface area contributed by atoms with E-state index in [2.05, 4.69) is 10.3 Å². The predicted molar refractivity (Wildman–Crippen MR) is 99.3 cm³/mol. The molecule has 0 unspecified atom stereocenters. The first-order valence-corrected chi connectivity index (χ1v) is 9.03. The second-order valence-corrected chi connectivity index (χ2v) is 6.80. The average Bonchev–Trinajstić information content (AvgIpc) is 3.07. The van der Waals surface area contributed by atoms with Crippen molar-refractivity contribution in [3.05, 3.63) is 48.7 Å². The van der Waals surface area contributed by atoms with Crippen molar-refractivity contribution in [2.45, 2.75) is 38.5 Å². The van der Waals surface area contributed by atoms with Crippen LogP contribution in [0.5, 0.6) is 0 Å². The number of pyridine rings is 1. The Labute approximate surface area is 147 Å². The SMILES string of the molecule is O=C(CC1CCCCC1)Nc1cccnc1-c1cc2ccccc2o1. The normalized spacial score (nSPS) is 15.4. The van der Waals surface area contributed by atoms with Gasteiger partial charge in [0, 0.05) is 18.0 Å². The van der Waals surface area contributed by atoms with E-state index >= 15 is 0 Å². The zero-order valence-electron chi connectivity index (χ0n) is 14.2. The topological polar surface area (TPSA) is 55.1 Å². The number of hydrogen-bond donors (Lipinski definition) is 1. The van der Waals surface area contributed by atoms with Crippen LogP contribution in [0, 0.1) is 5.92 Å². The fourth-order valence-corrected chi connectivity index (χ4v) is 3.66. The number of para-hydroxylation sites is 1. The molecule has 0 aliphatic heterocycles. The van der Waals surface area contributed by atoms with Crippen molar-refractivity contribution < 1.29 is 9.21 Å². The van der Waals surface area contributed by atoms with Gasteiger partial charge in [-0.05, 0) is 43.0 Å². The summed E-state index contributed by atoms with van der Waals surface area (Å²) in [5.41, 5.74) is 2.21. The molecule has 1 saturated carbocycles. The molecule has 128 valence electrons. The van der Waals surface area contributed by atoms with Gasteiger partial charge in [-0.25, -0.2) is 0 Å². The molecule has 0 spiro atoms. The van der Waals surface area contributed by atoms with Crippen molar-refractivity contribution in [2.75, 3.05) is 5.32 Å². The summed E-state index contributed by atoms with van der Waals surface area (Å²) in [6.07, 6.45) is 8.43. The van der Waals surface area contributed by atoms with E-state index in [1.54, 1.807) is 6.20 Å².